The summed E-state index contributed by atoms with van der Waals surface area (Å²) in [7, 11) is 1.25. The molecule has 0 radical (unpaired) electrons. The molecule has 0 bridgehead atoms. The van der Waals surface area contributed by atoms with Crippen LogP contribution in [0.25, 0.3) is 5.76 Å². The van der Waals surface area contributed by atoms with Gasteiger partial charge in [-0.2, -0.15) is 5.26 Å². The van der Waals surface area contributed by atoms with Crippen LogP contribution in [0, 0.1) is 11.3 Å². The molecule has 3 aromatic carbocycles. The zero-order chi connectivity index (χ0) is 25.3. The third-order valence-corrected chi connectivity index (χ3v) is 6.21. The maximum Gasteiger partial charge on any atom is 0.337 e. The third kappa shape index (κ3) is 4.26. The number of benzene rings is 3. The number of anilines is 1. The Kier molecular flexibility index (Phi) is 6.61. The number of methoxy groups -OCH3 is 1. The summed E-state index contributed by atoms with van der Waals surface area (Å²) in [6.07, 6.45) is 0. The number of halogens is 2. The molecule has 0 unspecified atom stereocenters. The van der Waals surface area contributed by atoms with Gasteiger partial charge in [-0.1, -0.05) is 47.5 Å². The van der Waals surface area contributed by atoms with Gasteiger partial charge >= 0.3 is 5.97 Å². The van der Waals surface area contributed by atoms with E-state index in [0.29, 0.717) is 5.56 Å². The van der Waals surface area contributed by atoms with Gasteiger partial charge in [0, 0.05) is 11.3 Å². The number of carbonyl (C=O) groups is 3. The highest BCUT2D eigenvalue weighted by Crippen LogP contribution is 2.43. The molecule has 1 saturated heterocycles. The number of nitrogens with zero attached hydrogens (tertiary/aromatic N) is 2. The van der Waals surface area contributed by atoms with Crippen LogP contribution in [0.1, 0.15) is 33.1 Å². The molecule has 1 fully saturated rings. The fraction of sp³-hybridized carbons (Fsp3) is 0.0769. The van der Waals surface area contributed by atoms with Crippen molar-refractivity contribution in [3.05, 3.63) is 105 Å². The molecule has 0 saturated carbocycles. The lowest BCUT2D eigenvalue weighted by atomic mass is 9.94. The maximum absolute atomic E-state index is 13.2. The number of carbonyl (C=O) groups excluding carboxylic acids is 3. The first-order valence-electron chi connectivity index (χ1n) is 10.2. The van der Waals surface area contributed by atoms with Gasteiger partial charge in [0.15, 0.2) is 0 Å². The summed E-state index contributed by atoms with van der Waals surface area (Å²) in [5.41, 5.74) is 1.14. The monoisotopic (exact) mass is 506 g/mol. The van der Waals surface area contributed by atoms with Gasteiger partial charge in [0.1, 0.15) is 11.8 Å². The smallest absolute Gasteiger partial charge is 0.337 e. The highest BCUT2D eigenvalue weighted by atomic mass is 35.5. The molecule has 1 N–H and O–H groups in total. The number of esters is 1. The molecule has 4 rings (SSSR count). The van der Waals surface area contributed by atoms with Crippen molar-refractivity contribution in [1.29, 1.82) is 5.26 Å². The molecule has 174 valence electrons. The summed E-state index contributed by atoms with van der Waals surface area (Å²) in [6, 6.07) is 17.7. The first kappa shape index (κ1) is 24.0. The molecule has 1 aliphatic heterocycles. The zero-order valence-corrected chi connectivity index (χ0v) is 19.7. The van der Waals surface area contributed by atoms with Gasteiger partial charge in [0.2, 0.25) is 0 Å². The van der Waals surface area contributed by atoms with Gasteiger partial charge in [0.05, 0.1) is 39.9 Å². The van der Waals surface area contributed by atoms with Crippen molar-refractivity contribution >= 4 is 52.3 Å². The number of aliphatic hydroxyl groups is 1. The molecule has 1 aliphatic rings. The number of hydrogen-bond donors (Lipinski definition) is 1. The van der Waals surface area contributed by atoms with E-state index in [2.05, 4.69) is 0 Å². The molecule has 7 nitrogen and oxygen atoms in total. The molecule has 3 aromatic rings. The SMILES string of the molecule is COC(=O)c1ccc([C@H]2C(=C(O)c3ccccc3Cl)C(=O)C(=O)N2c2ccc(C#N)c(Cl)c2)cc1. The average Bonchev–Trinajstić information content (AvgIpc) is 3.13. The minimum absolute atomic E-state index is 0.0952. The largest absolute Gasteiger partial charge is 0.507 e. The standard InChI is InChI=1S/C26H16Cl2N2O5/c1-35-26(34)15-8-6-14(7-9-15)22-21(23(31)18-4-2-3-5-19(18)27)24(32)25(33)30(22)17-11-10-16(13-29)20(28)12-17/h2-12,22,31H,1H3/t22-/m0/s1. The van der Waals surface area contributed by atoms with Crippen LogP contribution in [0.4, 0.5) is 5.69 Å². The number of nitriles is 1. The number of rotatable bonds is 4. The van der Waals surface area contributed by atoms with Crippen LogP contribution >= 0.6 is 23.2 Å². The van der Waals surface area contributed by atoms with E-state index in [9.17, 15) is 24.8 Å². The predicted octanol–water partition coefficient (Wildman–Crippen LogP) is 5.28. The van der Waals surface area contributed by atoms with Crippen molar-refractivity contribution in [2.45, 2.75) is 6.04 Å². The molecule has 1 atom stereocenters. The molecular weight excluding hydrogens is 491 g/mol. The summed E-state index contributed by atoms with van der Waals surface area (Å²) < 4.78 is 4.73. The summed E-state index contributed by atoms with van der Waals surface area (Å²) in [4.78, 5) is 39.5. The van der Waals surface area contributed by atoms with Crippen molar-refractivity contribution in [2.75, 3.05) is 12.0 Å². The summed E-state index contributed by atoms with van der Waals surface area (Å²) in [5.74, 6) is -2.83. The second-order valence-electron chi connectivity index (χ2n) is 7.54. The van der Waals surface area contributed by atoms with Crippen LogP contribution in [-0.2, 0) is 14.3 Å². The van der Waals surface area contributed by atoms with E-state index in [1.165, 1.54) is 48.4 Å². The Morgan fingerprint density at radius 2 is 1.71 bits per heavy atom. The van der Waals surface area contributed by atoms with Gasteiger partial charge in [-0.15, -0.1) is 0 Å². The molecule has 1 amide bonds. The molecule has 0 spiro atoms. The van der Waals surface area contributed by atoms with E-state index < -0.39 is 29.5 Å². The van der Waals surface area contributed by atoms with E-state index in [-0.39, 0.29) is 38.0 Å². The Balaban J connectivity index is 1.95. The highest BCUT2D eigenvalue weighted by molar-refractivity contribution is 6.52. The van der Waals surface area contributed by atoms with Crippen molar-refractivity contribution in [3.63, 3.8) is 0 Å². The number of hydrogen-bond acceptors (Lipinski definition) is 6. The van der Waals surface area contributed by atoms with E-state index in [1.54, 1.807) is 30.3 Å². The molecule has 9 heteroatoms. The minimum atomic E-state index is -1.07. The van der Waals surface area contributed by atoms with Gasteiger partial charge in [-0.05, 0) is 48.0 Å². The molecule has 0 aliphatic carbocycles. The Morgan fingerprint density at radius 1 is 1.03 bits per heavy atom. The Morgan fingerprint density at radius 3 is 2.31 bits per heavy atom. The number of aliphatic hydroxyl groups excluding tert-OH is 1. The quantitative estimate of drug-likeness (QED) is 0.223. The normalized spacial score (nSPS) is 16.7. The number of Topliss-reactive ketones (excluding diaryl/α,β-unsaturated/α-hetero) is 1. The number of ether oxygens (including phenoxy) is 1. The lowest BCUT2D eigenvalue weighted by Gasteiger charge is -2.26. The lowest BCUT2D eigenvalue weighted by Crippen LogP contribution is -2.29. The molecule has 1 heterocycles. The fourth-order valence-corrected chi connectivity index (χ4v) is 4.32. The Hall–Kier alpha value is -4.12. The predicted molar refractivity (Wildman–Crippen MR) is 130 cm³/mol. The number of ketones is 1. The van der Waals surface area contributed by atoms with Crippen LogP contribution in [0.2, 0.25) is 10.0 Å². The van der Waals surface area contributed by atoms with Gasteiger partial charge in [-0.3, -0.25) is 14.5 Å². The first-order chi connectivity index (χ1) is 16.8. The first-order valence-corrected chi connectivity index (χ1v) is 11.0. The molecular formula is C26H16Cl2N2O5. The average molecular weight is 507 g/mol. The van der Waals surface area contributed by atoms with Crippen LogP contribution in [-0.4, -0.2) is 29.9 Å². The Labute approximate surface area is 210 Å². The van der Waals surface area contributed by atoms with Gasteiger partial charge in [-0.25, -0.2) is 4.79 Å². The summed E-state index contributed by atoms with van der Waals surface area (Å²) >= 11 is 12.4. The highest BCUT2D eigenvalue weighted by Gasteiger charge is 2.47. The van der Waals surface area contributed by atoms with E-state index in [1.807, 2.05) is 6.07 Å². The second kappa shape index (κ2) is 9.63. The lowest BCUT2D eigenvalue weighted by molar-refractivity contribution is -0.132. The van der Waals surface area contributed by atoms with Crippen molar-refractivity contribution in [3.8, 4) is 6.07 Å². The minimum Gasteiger partial charge on any atom is -0.507 e. The summed E-state index contributed by atoms with van der Waals surface area (Å²) in [5, 5.41) is 20.6. The second-order valence-corrected chi connectivity index (χ2v) is 8.35. The zero-order valence-electron chi connectivity index (χ0n) is 18.2. The van der Waals surface area contributed by atoms with E-state index >= 15 is 0 Å². The molecule has 35 heavy (non-hydrogen) atoms. The van der Waals surface area contributed by atoms with Crippen LogP contribution in [0.15, 0.2) is 72.3 Å². The van der Waals surface area contributed by atoms with Crippen LogP contribution in [0.5, 0.6) is 0 Å². The van der Waals surface area contributed by atoms with Gasteiger partial charge in [0.25, 0.3) is 11.7 Å². The maximum atomic E-state index is 13.2. The number of amides is 1. The molecule has 0 aromatic heterocycles. The van der Waals surface area contributed by atoms with Crippen molar-refractivity contribution in [1.82, 2.24) is 0 Å². The van der Waals surface area contributed by atoms with E-state index in [4.69, 9.17) is 27.9 Å². The van der Waals surface area contributed by atoms with Crippen LogP contribution < -0.4 is 4.90 Å². The fourth-order valence-electron chi connectivity index (χ4n) is 3.88. The van der Waals surface area contributed by atoms with Crippen molar-refractivity contribution in [2.24, 2.45) is 0 Å². The topological polar surface area (TPSA) is 108 Å². The van der Waals surface area contributed by atoms with Crippen LogP contribution in [0.3, 0.4) is 0 Å². The van der Waals surface area contributed by atoms with E-state index in [0.717, 1.165) is 0 Å². The summed E-state index contributed by atoms with van der Waals surface area (Å²) in [6.45, 7) is 0. The Bertz CT molecular complexity index is 1440. The van der Waals surface area contributed by atoms with Gasteiger partial charge < -0.3 is 9.84 Å². The van der Waals surface area contributed by atoms with Crippen molar-refractivity contribution < 1.29 is 24.2 Å². The third-order valence-electron chi connectivity index (χ3n) is 5.57.